The summed E-state index contributed by atoms with van der Waals surface area (Å²) in [5, 5.41) is 9.86. The Labute approximate surface area is 165 Å². The first-order valence-corrected chi connectivity index (χ1v) is 9.03. The number of nitrogens with zero attached hydrogens (tertiary/aromatic N) is 2. The van der Waals surface area contributed by atoms with Crippen LogP contribution in [-0.2, 0) is 0 Å². The molecular weight excluding hydrogens is 354 g/mol. The Morgan fingerprint density at radius 3 is 2.00 bits per heavy atom. The summed E-state index contributed by atoms with van der Waals surface area (Å²) in [5.74, 6) is 3.46. The van der Waals surface area contributed by atoms with E-state index in [9.17, 15) is 0 Å². The maximum atomic E-state index is 5.28. The van der Waals surface area contributed by atoms with Crippen molar-refractivity contribution < 1.29 is 9.47 Å². The highest BCUT2D eigenvalue weighted by Crippen LogP contribution is 2.25. The molecule has 146 valence electrons. The van der Waals surface area contributed by atoms with Gasteiger partial charge in [0.25, 0.3) is 0 Å². The van der Waals surface area contributed by atoms with Crippen LogP contribution in [0.2, 0.25) is 0 Å². The van der Waals surface area contributed by atoms with Crippen LogP contribution in [0, 0.1) is 0 Å². The van der Waals surface area contributed by atoms with Crippen LogP contribution in [0.25, 0.3) is 0 Å². The van der Waals surface area contributed by atoms with E-state index in [4.69, 9.17) is 9.47 Å². The Balaban J connectivity index is 1.86. The van der Waals surface area contributed by atoms with Crippen LogP contribution in [0.5, 0.6) is 11.5 Å². The van der Waals surface area contributed by atoms with Crippen molar-refractivity contribution in [3.8, 4) is 11.5 Å². The number of anilines is 5. The van der Waals surface area contributed by atoms with Crippen molar-refractivity contribution in [3.63, 3.8) is 0 Å². The molecule has 0 unspecified atom stereocenters. The predicted molar refractivity (Wildman–Crippen MR) is 113 cm³/mol. The van der Waals surface area contributed by atoms with E-state index in [1.807, 2.05) is 68.4 Å². The quantitative estimate of drug-likeness (QED) is 0.519. The molecule has 0 bridgehead atoms. The molecular formula is C21H25N5O2. The maximum Gasteiger partial charge on any atom is 0.226 e. The van der Waals surface area contributed by atoms with Crippen molar-refractivity contribution in [1.29, 1.82) is 0 Å². The number of aromatic nitrogens is 2. The predicted octanol–water partition coefficient (Wildman–Crippen LogP) is 4.80. The van der Waals surface area contributed by atoms with E-state index in [1.54, 1.807) is 14.2 Å². The second-order valence-corrected chi connectivity index (χ2v) is 6.47. The van der Waals surface area contributed by atoms with Crippen LogP contribution >= 0.6 is 0 Å². The van der Waals surface area contributed by atoms with E-state index in [0.29, 0.717) is 17.6 Å². The van der Waals surface area contributed by atoms with Gasteiger partial charge in [-0.05, 0) is 50.2 Å². The number of hydrogen-bond acceptors (Lipinski definition) is 7. The fourth-order valence-corrected chi connectivity index (χ4v) is 2.57. The molecule has 0 radical (unpaired) electrons. The molecule has 3 aromatic rings. The van der Waals surface area contributed by atoms with Gasteiger partial charge < -0.3 is 25.4 Å². The third-order valence-electron chi connectivity index (χ3n) is 3.85. The molecule has 3 rings (SSSR count). The zero-order valence-electron chi connectivity index (χ0n) is 16.5. The van der Waals surface area contributed by atoms with Gasteiger partial charge in [0.15, 0.2) is 0 Å². The van der Waals surface area contributed by atoms with Gasteiger partial charge in [-0.3, -0.25) is 0 Å². The number of methoxy groups -OCH3 is 2. The molecule has 0 saturated carbocycles. The minimum Gasteiger partial charge on any atom is -0.497 e. The molecule has 0 fully saturated rings. The lowest BCUT2D eigenvalue weighted by atomic mass is 10.3. The van der Waals surface area contributed by atoms with Gasteiger partial charge in [-0.1, -0.05) is 6.07 Å². The molecule has 1 aromatic heterocycles. The Hall–Kier alpha value is -3.48. The van der Waals surface area contributed by atoms with Gasteiger partial charge in [0.05, 0.1) is 14.2 Å². The summed E-state index contributed by atoms with van der Waals surface area (Å²) in [4.78, 5) is 9.12. The molecule has 0 spiro atoms. The third kappa shape index (κ3) is 5.26. The van der Waals surface area contributed by atoms with E-state index < -0.39 is 0 Å². The van der Waals surface area contributed by atoms with Gasteiger partial charge in [0.1, 0.15) is 23.1 Å². The Bertz CT molecular complexity index is 913. The third-order valence-corrected chi connectivity index (χ3v) is 3.85. The zero-order valence-corrected chi connectivity index (χ0v) is 16.5. The Kier molecular flexibility index (Phi) is 6.16. The van der Waals surface area contributed by atoms with Crippen molar-refractivity contribution in [1.82, 2.24) is 9.97 Å². The van der Waals surface area contributed by atoms with Gasteiger partial charge >= 0.3 is 0 Å². The summed E-state index contributed by atoms with van der Waals surface area (Å²) in [5.41, 5.74) is 1.78. The smallest absolute Gasteiger partial charge is 0.226 e. The lowest BCUT2D eigenvalue weighted by molar-refractivity contribution is 0.415. The summed E-state index contributed by atoms with van der Waals surface area (Å²) in [7, 11) is 3.29. The molecule has 0 aliphatic carbocycles. The van der Waals surface area contributed by atoms with Crippen LogP contribution in [0.15, 0.2) is 54.6 Å². The molecule has 1 heterocycles. The van der Waals surface area contributed by atoms with Crippen molar-refractivity contribution in [2.45, 2.75) is 19.9 Å². The lowest BCUT2D eigenvalue weighted by Gasteiger charge is -2.14. The molecule has 3 N–H and O–H groups in total. The Morgan fingerprint density at radius 2 is 1.39 bits per heavy atom. The maximum absolute atomic E-state index is 5.28. The number of nitrogens with one attached hydrogen (secondary N) is 3. The van der Waals surface area contributed by atoms with E-state index in [0.717, 1.165) is 22.9 Å². The van der Waals surface area contributed by atoms with Crippen molar-refractivity contribution in [2.24, 2.45) is 0 Å². The average molecular weight is 379 g/mol. The highest BCUT2D eigenvalue weighted by molar-refractivity contribution is 5.66. The van der Waals surface area contributed by atoms with Crippen LogP contribution < -0.4 is 25.4 Å². The second kappa shape index (κ2) is 8.94. The zero-order chi connectivity index (χ0) is 19.9. The Morgan fingerprint density at radius 1 is 0.750 bits per heavy atom. The molecule has 7 heteroatoms. The first-order chi connectivity index (χ1) is 13.6. The van der Waals surface area contributed by atoms with Crippen LogP contribution in [0.1, 0.15) is 13.8 Å². The summed E-state index contributed by atoms with van der Waals surface area (Å²) >= 11 is 0. The summed E-state index contributed by atoms with van der Waals surface area (Å²) < 4.78 is 10.5. The first kappa shape index (κ1) is 19.3. The number of ether oxygens (including phenoxy) is 2. The molecule has 0 amide bonds. The molecule has 0 saturated heterocycles. The molecule has 7 nitrogen and oxygen atoms in total. The van der Waals surface area contributed by atoms with Crippen molar-refractivity contribution in [2.75, 3.05) is 30.2 Å². The largest absolute Gasteiger partial charge is 0.497 e. The average Bonchev–Trinajstić information content (AvgIpc) is 2.68. The van der Waals surface area contributed by atoms with Crippen LogP contribution in [-0.4, -0.2) is 30.2 Å². The highest BCUT2D eigenvalue weighted by Gasteiger charge is 2.08. The minimum absolute atomic E-state index is 0.209. The minimum atomic E-state index is 0.209. The summed E-state index contributed by atoms with van der Waals surface area (Å²) in [6.45, 7) is 4.09. The molecule has 28 heavy (non-hydrogen) atoms. The standard InChI is InChI=1S/C21H25N5O2/c1-14(2)22-21-25-19(23-15-8-10-17(27-3)11-9-15)13-20(26-21)24-16-6-5-7-18(12-16)28-4/h5-14H,1-4H3,(H3,22,23,24,25,26). The molecule has 0 aliphatic heterocycles. The van der Waals surface area contributed by atoms with Gasteiger partial charge in [-0.25, -0.2) is 0 Å². The number of benzene rings is 2. The second-order valence-electron chi connectivity index (χ2n) is 6.47. The van der Waals surface area contributed by atoms with E-state index in [1.165, 1.54) is 0 Å². The molecule has 2 aromatic carbocycles. The van der Waals surface area contributed by atoms with E-state index in [2.05, 4.69) is 25.9 Å². The fourth-order valence-electron chi connectivity index (χ4n) is 2.57. The monoisotopic (exact) mass is 379 g/mol. The van der Waals surface area contributed by atoms with Crippen molar-refractivity contribution in [3.05, 3.63) is 54.6 Å². The summed E-state index contributed by atoms with van der Waals surface area (Å²) in [6, 6.07) is 17.4. The topological polar surface area (TPSA) is 80.3 Å². The normalized spacial score (nSPS) is 10.5. The molecule has 0 aliphatic rings. The number of rotatable bonds is 8. The number of hydrogen-bond donors (Lipinski definition) is 3. The van der Waals surface area contributed by atoms with Crippen molar-refractivity contribution >= 4 is 29.0 Å². The highest BCUT2D eigenvalue weighted by atomic mass is 16.5. The van der Waals surface area contributed by atoms with Crippen LogP contribution in [0.3, 0.4) is 0 Å². The van der Waals surface area contributed by atoms with Gasteiger partial charge in [0.2, 0.25) is 5.95 Å². The van der Waals surface area contributed by atoms with Gasteiger partial charge in [-0.15, -0.1) is 0 Å². The van der Waals surface area contributed by atoms with Crippen LogP contribution in [0.4, 0.5) is 29.0 Å². The van der Waals surface area contributed by atoms with Gasteiger partial charge in [-0.2, -0.15) is 9.97 Å². The molecule has 0 atom stereocenters. The van der Waals surface area contributed by atoms with E-state index >= 15 is 0 Å². The SMILES string of the molecule is COc1ccc(Nc2cc(Nc3cccc(OC)c3)nc(NC(C)C)n2)cc1. The lowest BCUT2D eigenvalue weighted by Crippen LogP contribution is -2.14. The first-order valence-electron chi connectivity index (χ1n) is 9.03. The fraction of sp³-hybridized carbons (Fsp3) is 0.238. The van der Waals surface area contributed by atoms with Gasteiger partial charge in [0, 0.05) is 29.5 Å². The van der Waals surface area contributed by atoms with E-state index in [-0.39, 0.29) is 6.04 Å². The summed E-state index contributed by atoms with van der Waals surface area (Å²) in [6.07, 6.45) is 0.